The van der Waals surface area contributed by atoms with Gasteiger partial charge in [-0.05, 0) is 42.8 Å². The fourth-order valence-electron chi connectivity index (χ4n) is 4.56. The Morgan fingerprint density at radius 1 is 1.06 bits per heavy atom. The highest BCUT2D eigenvalue weighted by molar-refractivity contribution is 5.91. The molecule has 1 aliphatic heterocycles. The van der Waals surface area contributed by atoms with Crippen LogP contribution < -0.4 is 5.32 Å². The van der Waals surface area contributed by atoms with E-state index in [9.17, 15) is 13.6 Å². The van der Waals surface area contributed by atoms with E-state index >= 15 is 0 Å². The Kier molecular flexibility index (Phi) is 6.02. The number of aromatic nitrogens is 1. The molecular weight excluding hydrogens is 436 g/mol. The minimum absolute atomic E-state index is 0.164. The molecule has 0 fully saturated rings. The summed E-state index contributed by atoms with van der Waals surface area (Å²) >= 11 is 0. The summed E-state index contributed by atoms with van der Waals surface area (Å²) in [7, 11) is 0. The molecule has 1 amide bonds. The van der Waals surface area contributed by atoms with Gasteiger partial charge in [0.05, 0.1) is 18.6 Å². The summed E-state index contributed by atoms with van der Waals surface area (Å²) in [5.41, 5.74) is 2.34. The number of carbonyl (C=O) groups is 1. The van der Waals surface area contributed by atoms with Gasteiger partial charge in [-0.1, -0.05) is 36.4 Å². The Morgan fingerprint density at radius 2 is 1.88 bits per heavy atom. The van der Waals surface area contributed by atoms with Gasteiger partial charge in [-0.25, -0.2) is 8.78 Å². The third-order valence-corrected chi connectivity index (χ3v) is 6.29. The van der Waals surface area contributed by atoms with Crippen molar-refractivity contribution < 1.29 is 18.0 Å². The summed E-state index contributed by atoms with van der Waals surface area (Å²) in [5, 5.41) is 2.95. The van der Waals surface area contributed by atoms with Crippen LogP contribution >= 0.6 is 0 Å². The molecule has 7 heteroatoms. The fourth-order valence-corrected chi connectivity index (χ4v) is 4.56. The number of nitrogens with one attached hydrogen (secondary N) is 1. The summed E-state index contributed by atoms with van der Waals surface area (Å²) in [6, 6.07) is 20.1. The van der Waals surface area contributed by atoms with Gasteiger partial charge in [0.15, 0.2) is 5.76 Å². The number of hydrogen-bond donors (Lipinski definition) is 1. The Bertz CT molecular complexity index is 1300. The number of nitrogens with zero attached hydrogens (tertiary/aromatic N) is 2. The number of carbonyl (C=O) groups excluding carboxylic acids is 1. The topological polar surface area (TPSA) is 50.4 Å². The van der Waals surface area contributed by atoms with Crippen molar-refractivity contribution in [2.75, 3.05) is 6.54 Å². The molecule has 0 saturated carbocycles. The zero-order valence-electron chi connectivity index (χ0n) is 18.7. The molecule has 0 saturated heterocycles. The number of amides is 1. The molecule has 5 nitrogen and oxygen atoms in total. The van der Waals surface area contributed by atoms with Crippen LogP contribution in [0.25, 0.3) is 0 Å². The number of fused-ring (bicyclic) bond motifs is 1. The van der Waals surface area contributed by atoms with Crippen LogP contribution in [0.1, 0.15) is 52.1 Å². The molecule has 2 atom stereocenters. The van der Waals surface area contributed by atoms with Gasteiger partial charge in [0, 0.05) is 36.6 Å². The van der Waals surface area contributed by atoms with Crippen LogP contribution in [0.2, 0.25) is 0 Å². The van der Waals surface area contributed by atoms with Crippen LogP contribution in [-0.2, 0) is 13.1 Å². The molecule has 3 heterocycles. The second-order valence-electron chi connectivity index (χ2n) is 8.54. The summed E-state index contributed by atoms with van der Waals surface area (Å²) in [4.78, 5) is 14.8. The quantitative estimate of drug-likeness (QED) is 0.415. The van der Waals surface area contributed by atoms with Crippen LogP contribution in [0.4, 0.5) is 8.78 Å². The van der Waals surface area contributed by atoms with Gasteiger partial charge < -0.3 is 14.3 Å². The van der Waals surface area contributed by atoms with Crippen molar-refractivity contribution in [2.24, 2.45) is 0 Å². The van der Waals surface area contributed by atoms with E-state index in [4.69, 9.17) is 4.42 Å². The first-order valence-corrected chi connectivity index (χ1v) is 11.3. The summed E-state index contributed by atoms with van der Waals surface area (Å²) in [6.45, 7) is 3.69. The average molecular weight is 462 g/mol. The van der Waals surface area contributed by atoms with E-state index in [0.29, 0.717) is 24.4 Å². The lowest BCUT2D eigenvalue weighted by atomic mass is 9.99. The highest BCUT2D eigenvalue weighted by Crippen LogP contribution is 2.35. The van der Waals surface area contributed by atoms with Crippen molar-refractivity contribution in [1.82, 2.24) is 14.8 Å². The smallest absolute Gasteiger partial charge is 0.287 e. The van der Waals surface area contributed by atoms with Crippen molar-refractivity contribution in [2.45, 2.75) is 32.1 Å². The molecule has 4 aromatic rings. The number of hydrogen-bond acceptors (Lipinski definition) is 3. The van der Waals surface area contributed by atoms with E-state index in [1.54, 1.807) is 12.1 Å². The Hall–Kier alpha value is -3.71. The predicted molar refractivity (Wildman–Crippen MR) is 124 cm³/mol. The highest BCUT2D eigenvalue weighted by atomic mass is 19.1. The normalized spacial score (nSPS) is 16.7. The molecule has 0 spiro atoms. The third-order valence-electron chi connectivity index (χ3n) is 6.29. The number of benzene rings is 2. The van der Waals surface area contributed by atoms with E-state index < -0.39 is 17.7 Å². The van der Waals surface area contributed by atoms with Gasteiger partial charge in [0.1, 0.15) is 17.4 Å². The van der Waals surface area contributed by atoms with Gasteiger partial charge in [-0.15, -0.1) is 0 Å². The van der Waals surface area contributed by atoms with Crippen molar-refractivity contribution in [3.05, 3.63) is 119 Å². The molecule has 0 radical (unpaired) electrons. The first kappa shape index (κ1) is 22.1. The van der Waals surface area contributed by atoms with Crippen LogP contribution in [0.5, 0.6) is 0 Å². The molecule has 0 bridgehead atoms. The molecule has 0 aliphatic carbocycles. The zero-order chi connectivity index (χ0) is 23.7. The zero-order valence-corrected chi connectivity index (χ0v) is 18.7. The van der Waals surface area contributed by atoms with E-state index in [1.807, 2.05) is 55.6 Å². The molecule has 1 N–H and O–H groups in total. The first-order valence-electron chi connectivity index (χ1n) is 11.3. The number of rotatable bonds is 6. The highest BCUT2D eigenvalue weighted by Gasteiger charge is 2.31. The van der Waals surface area contributed by atoms with Crippen LogP contribution in [0, 0.1) is 11.6 Å². The van der Waals surface area contributed by atoms with Gasteiger partial charge in [0.25, 0.3) is 5.91 Å². The van der Waals surface area contributed by atoms with Gasteiger partial charge >= 0.3 is 0 Å². The lowest BCUT2D eigenvalue weighted by molar-refractivity contribution is 0.0905. The van der Waals surface area contributed by atoms with Crippen molar-refractivity contribution >= 4 is 5.91 Å². The molecular formula is C27H25F2N3O2. The second kappa shape index (κ2) is 9.27. The monoisotopic (exact) mass is 461 g/mol. The van der Waals surface area contributed by atoms with Gasteiger partial charge in [-0.2, -0.15) is 0 Å². The largest absolute Gasteiger partial charge is 0.455 e. The molecule has 2 aromatic heterocycles. The van der Waals surface area contributed by atoms with Crippen molar-refractivity contribution in [3.63, 3.8) is 0 Å². The standard InChI is InChI=1S/C27H25F2N3O2/c1-18(19-6-3-2-4-7-19)30-27(33)25-12-10-21(34-25)17-32-15-14-31-13-5-8-24(31)26(32)22-11-9-20(28)16-23(22)29/h2-13,16,18,26H,14-15,17H2,1H3,(H,30,33). The molecule has 2 unspecified atom stereocenters. The Balaban J connectivity index is 1.35. The van der Waals surface area contributed by atoms with E-state index in [0.717, 1.165) is 23.9 Å². The van der Waals surface area contributed by atoms with Crippen molar-refractivity contribution in [3.8, 4) is 0 Å². The van der Waals surface area contributed by atoms with E-state index in [2.05, 4.69) is 14.8 Å². The molecule has 5 rings (SSSR count). The maximum Gasteiger partial charge on any atom is 0.287 e. The molecule has 1 aliphatic rings. The summed E-state index contributed by atoms with van der Waals surface area (Å²) < 4.78 is 36.3. The van der Waals surface area contributed by atoms with E-state index in [-0.39, 0.29) is 17.7 Å². The Labute approximate surface area is 196 Å². The predicted octanol–water partition coefficient (Wildman–Crippen LogP) is 5.46. The van der Waals surface area contributed by atoms with Crippen LogP contribution in [-0.4, -0.2) is 21.9 Å². The van der Waals surface area contributed by atoms with E-state index in [1.165, 1.54) is 12.1 Å². The second-order valence-corrected chi connectivity index (χ2v) is 8.54. The fraction of sp³-hybridized carbons (Fsp3) is 0.222. The Morgan fingerprint density at radius 3 is 2.68 bits per heavy atom. The lowest BCUT2D eigenvalue weighted by Gasteiger charge is -2.37. The minimum Gasteiger partial charge on any atom is -0.455 e. The summed E-state index contributed by atoms with van der Waals surface area (Å²) in [5.74, 6) is -0.659. The van der Waals surface area contributed by atoms with Crippen LogP contribution in [0.15, 0.2) is 83.4 Å². The maximum atomic E-state index is 14.8. The van der Waals surface area contributed by atoms with Gasteiger partial charge in [-0.3, -0.25) is 9.69 Å². The van der Waals surface area contributed by atoms with Crippen LogP contribution in [0.3, 0.4) is 0 Å². The SMILES string of the molecule is CC(NC(=O)c1ccc(CN2CCn3cccc3C2c2ccc(F)cc2F)o1)c1ccccc1. The average Bonchev–Trinajstić information content (AvgIpc) is 3.50. The molecule has 174 valence electrons. The van der Waals surface area contributed by atoms with Crippen molar-refractivity contribution in [1.29, 1.82) is 0 Å². The first-order chi connectivity index (χ1) is 16.5. The lowest BCUT2D eigenvalue weighted by Crippen LogP contribution is -2.38. The third kappa shape index (κ3) is 4.39. The number of furan rings is 1. The number of halogens is 2. The minimum atomic E-state index is -0.606. The molecule has 2 aromatic carbocycles. The summed E-state index contributed by atoms with van der Waals surface area (Å²) in [6.07, 6.45) is 1.96. The molecule has 34 heavy (non-hydrogen) atoms. The maximum absolute atomic E-state index is 14.8. The van der Waals surface area contributed by atoms with Gasteiger partial charge in [0.2, 0.25) is 0 Å².